The zero-order chi connectivity index (χ0) is 14.5. The standard InChI is InChI=1S/C17H25BrN2O/c18-15-3-1-5-17(11-15)21-10-9-20(12-14-6-7-14)13-16-4-2-8-19-16/h1,3,5,11,14,16,19H,2,4,6-10,12-13H2. The van der Waals surface area contributed by atoms with E-state index in [-0.39, 0.29) is 0 Å². The molecule has 0 radical (unpaired) electrons. The summed E-state index contributed by atoms with van der Waals surface area (Å²) in [7, 11) is 0. The normalized spacial score (nSPS) is 21.9. The topological polar surface area (TPSA) is 24.5 Å². The third kappa shape index (κ3) is 5.28. The van der Waals surface area contributed by atoms with Crippen molar-refractivity contribution in [2.75, 3.05) is 32.8 Å². The number of nitrogens with zero attached hydrogens (tertiary/aromatic N) is 1. The average Bonchev–Trinajstić information content (AvgIpc) is 3.12. The van der Waals surface area contributed by atoms with Crippen molar-refractivity contribution >= 4 is 15.9 Å². The summed E-state index contributed by atoms with van der Waals surface area (Å²) in [6.45, 7) is 5.42. The van der Waals surface area contributed by atoms with Crippen LogP contribution in [0.1, 0.15) is 25.7 Å². The van der Waals surface area contributed by atoms with Crippen LogP contribution in [-0.2, 0) is 0 Å². The molecular weight excluding hydrogens is 328 g/mol. The maximum absolute atomic E-state index is 5.89. The summed E-state index contributed by atoms with van der Waals surface area (Å²) in [6, 6.07) is 8.79. The highest BCUT2D eigenvalue weighted by molar-refractivity contribution is 9.10. The molecule has 116 valence electrons. The lowest BCUT2D eigenvalue weighted by Crippen LogP contribution is -2.40. The molecule has 1 aliphatic carbocycles. The Bertz CT molecular complexity index is 444. The summed E-state index contributed by atoms with van der Waals surface area (Å²) in [5.41, 5.74) is 0. The fourth-order valence-electron chi connectivity index (χ4n) is 3.00. The van der Waals surface area contributed by atoms with Gasteiger partial charge >= 0.3 is 0 Å². The minimum Gasteiger partial charge on any atom is -0.492 e. The summed E-state index contributed by atoms with van der Waals surface area (Å²) in [4.78, 5) is 2.60. The van der Waals surface area contributed by atoms with E-state index in [1.54, 1.807) is 0 Å². The largest absolute Gasteiger partial charge is 0.492 e. The van der Waals surface area contributed by atoms with E-state index in [4.69, 9.17) is 4.74 Å². The molecule has 1 heterocycles. The van der Waals surface area contributed by atoms with Crippen molar-refractivity contribution < 1.29 is 4.74 Å². The van der Waals surface area contributed by atoms with Gasteiger partial charge in [-0.05, 0) is 56.3 Å². The van der Waals surface area contributed by atoms with Crippen LogP contribution in [0.2, 0.25) is 0 Å². The first-order valence-corrected chi connectivity index (χ1v) is 8.93. The smallest absolute Gasteiger partial charge is 0.120 e. The zero-order valence-electron chi connectivity index (χ0n) is 12.6. The second-order valence-corrected chi connectivity index (χ2v) is 7.22. The summed E-state index contributed by atoms with van der Waals surface area (Å²) in [6.07, 6.45) is 5.49. The molecule has 4 heteroatoms. The van der Waals surface area contributed by atoms with Crippen molar-refractivity contribution in [3.05, 3.63) is 28.7 Å². The predicted molar refractivity (Wildman–Crippen MR) is 89.8 cm³/mol. The molecule has 1 aromatic carbocycles. The Morgan fingerprint density at radius 3 is 2.86 bits per heavy atom. The van der Waals surface area contributed by atoms with Gasteiger partial charge in [0.2, 0.25) is 0 Å². The molecule has 0 bridgehead atoms. The van der Waals surface area contributed by atoms with Gasteiger partial charge in [0.15, 0.2) is 0 Å². The van der Waals surface area contributed by atoms with E-state index in [9.17, 15) is 0 Å². The minimum absolute atomic E-state index is 0.689. The maximum Gasteiger partial charge on any atom is 0.120 e. The number of hydrogen-bond acceptors (Lipinski definition) is 3. The molecule has 1 N–H and O–H groups in total. The Kier molecular flexibility index (Phi) is 5.55. The van der Waals surface area contributed by atoms with Crippen LogP contribution in [0.3, 0.4) is 0 Å². The van der Waals surface area contributed by atoms with Crippen LogP contribution < -0.4 is 10.1 Å². The lowest BCUT2D eigenvalue weighted by Gasteiger charge is -2.25. The van der Waals surface area contributed by atoms with Crippen LogP contribution in [0, 0.1) is 5.92 Å². The van der Waals surface area contributed by atoms with E-state index in [1.807, 2.05) is 24.3 Å². The van der Waals surface area contributed by atoms with Gasteiger partial charge in [0.1, 0.15) is 12.4 Å². The molecule has 1 atom stereocenters. The van der Waals surface area contributed by atoms with Crippen LogP contribution in [0.5, 0.6) is 5.75 Å². The van der Waals surface area contributed by atoms with Crippen molar-refractivity contribution in [3.8, 4) is 5.75 Å². The molecule has 0 spiro atoms. The predicted octanol–water partition coefficient (Wildman–Crippen LogP) is 3.29. The molecule has 1 unspecified atom stereocenters. The molecule has 0 amide bonds. The molecule has 2 aliphatic rings. The summed E-state index contributed by atoms with van der Waals surface area (Å²) >= 11 is 3.48. The van der Waals surface area contributed by atoms with Crippen molar-refractivity contribution in [1.82, 2.24) is 10.2 Å². The van der Waals surface area contributed by atoms with E-state index in [2.05, 4.69) is 26.1 Å². The monoisotopic (exact) mass is 352 g/mol. The van der Waals surface area contributed by atoms with Gasteiger partial charge < -0.3 is 10.1 Å². The molecule has 3 nitrogen and oxygen atoms in total. The quantitative estimate of drug-likeness (QED) is 0.776. The lowest BCUT2D eigenvalue weighted by atomic mass is 10.2. The Hall–Kier alpha value is -0.580. The fraction of sp³-hybridized carbons (Fsp3) is 0.647. The molecule has 3 rings (SSSR count). The van der Waals surface area contributed by atoms with Gasteiger partial charge in [-0.3, -0.25) is 4.90 Å². The number of halogens is 1. The van der Waals surface area contributed by atoms with E-state index in [1.165, 1.54) is 45.3 Å². The molecule has 0 aromatic heterocycles. The molecule has 21 heavy (non-hydrogen) atoms. The van der Waals surface area contributed by atoms with E-state index in [0.717, 1.165) is 29.3 Å². The molecule has 1 aliphatic heterocycles. The first-order chi connectivity index (χ1) is 10.3. The second-order valence-electron chi connectivity index (χ2n) is 6.30. The maximum atomic E-state index is 5.89. The van der Waals surface area contributed by atoms with Gasteiger partial charge in [0, 0.05) is 30.1 Å². The Morgan fingerprint density at radius 2 is 2.14 bits per heavy atom. The van der Waals surface area contributed by atoms with Gasteiger partial charge in [-0.15, -0.1) is 0 Å². The van der Waals surface area contributed by atoms with Crippen molar-refractivity contribution in [3.63, 3.8) is 0 Å². The Balaban J connectivity index is 1.44. The highest BCUT2D eigenvalue weighted by Gasteiger charge is 2.26. The number of ether oxygens (including phenoxy) is 1. The van der Waals surface area contributed by atoms with E-state index < -0.39 is 0 Å². The Morgan fingerprint density at radius 1 is 1.24 bits per heavy atom. The van der Waals surface area contributed by atoms with Gasteiger partial charge in [0.25, 0.3) is 0 Å². The van der Waals surface area contributed by atoms with Crippen LogP contribution in [0.25, 0.3) is 0 Å². The summed E-state index contributed by atoms with van der Waals surface area (Å²) in [5, 5.41) is 3.61. The first kappa shape index (κ1) is 15.3. The third-order valence-electron chi connectivity index (χ3n) is 4.33. The van der Waals surface area contributed by atoms with Crippen molar-refractivity contribution in [2.45, 2.75) is 31.7 Å². The van der Waals surface area contributed by atoms with Gasteiger partial charge in [-0.25, -0.2) is 0 Å². The van der Waals surface area contributed by atoms with Gasteiger partial charge in [-0.2, -0.15) is 0 Å². The van der Waals surface area contributed by atoms with Gasteiger partial charge in [-0.1, -0.05) is 22.0 Å². The molecule has 1 aromatic rings. The average molecular weight is 353 g/mol. The minimum atomic E-state index is 0.689. The zero-order valence-corrected chi connectivity index (χ0v) is 14.1. The highest BCUT2D eigenvalue weighted by Crippen LogP contribution is 2.30. The number of nitrogens with one attached hydrogen (secondary N) is 1. The lowest BCUT2D eigenvalue weighted by molar-refractivity contribution is 0.190. The second kappa shape index (κ2) is 7.61. The van der Waals surface area contributed by atoms with Crippen LogP contribution >= 0.6 is 15.9 Å². The van der Waals surface area contributed by atoms with Crippen molar-refractivity contribution in [1.29, 1.82) is 0 Å². The Labute approximate surface area is 136 Å². The highest BCUT2D eigenvalue weighted by atomic mass is 79.9. The number of hydrogen-bond donors (Lipinski definition) is 1. The number of benzene rings is 1. The van der Waals surface area contributed by atoms with E-state index >= 15 is 0 Å². The van der Waals surface area contributed by atoms with Crippen LogP contribution in [0.4, 0.5) is 0 Å². The van der Waals surface area contributed by atoms with Crippen LogP contribution in [-0.4, -0.2) is 43.7 Å². The third-order valence-corrected chi connectivity index (χ3v) is 4.82. The molecular formula is C17H25BrN2O. The number of rotatable bonds is 8. The molecule has 2 fully saturated rings. The van der Waals surface area contributed by atoms with Crippen molar-refractivity contribution in [2.24, 2.45) is 5.92 Å². The molecule has 1 saturated carbocycles. The van der Waals surface area contributed by atoms with Gasteiger partial charge in [0.05, 0.1) is 0 Å². The fourth-order valence-corrected chi connectivity index (χ4v) is 3.37. The summed E-state index contributed by atoms with van der Waals surface area (Å²) in [5.74, 6) is 1.90. The molecule has 1 saturated heterocycles. The van der Waals surface area contributed by atoms with E-state index in [0.29, 0.717) is 6.04 Å². The van der Waals surface area contributed by atoms with Crippen LogP contribution in [0.15, 0.2) is 28.7 Å². The SMILES string of the molecule is Brc1cccc(OCCN(CC2CC2)CC2CCCN2)c1. The summed E-state index contributed by atoms with van der Waals surface area (Å²) < 4.78 is 6.97. The first-order valence-electron chi connectivity index (χ1n) is 8.14.